The molecule has 1 heterocycles. The SMILES string of the molecule is Cc1ccc(C=NNC(=O)c2ccc([N+](=O)[O-])c(C)c2)s1. The Balaban J connectivity index is 2.05. The topological polar surface area (TPSA) is 84.6 Å². The van der Waals surface area contributed by atoms with Crippen molar-refractivity contribution in [3.05, 3.63) is 61.3 Å². The molecule has 7 heteroatoms. The second-order valence-corrected chi connectivity index (χ2v) is 5.73. The van der Waals surface area contributed by atoms with Gasteiger partial charge >= 0.3 is 0 Å². The van der Waals surface area contributed by atoms with Crippen LogP contribution in [-0.4, -0.2) is 17.0 Å². The lowest BCUT2D eigenvalue weighted by molar-refractivity contribution is -0.385. The number of benzene rings is 1. The van der Waals surface area contributed by atoms with Crippen LogP contribution < -0.4 is 5.43 Å². The summed E-state index contributed by atoms with van der Waals surface area (Å²) in [6.07, 6.45) is 1.56. The average Bonchev–Trinajstić information content (AvgIpc) is 2.83. The molecule has 0 unspecified atom stereocenters. The maximum Gasteiger partial charge on any atom is 0.272 e. The van der Waals surface area contributed by atoms with E-state index in [1.165, 1.54) is 18.2 Å². The van der Waals surface area contributed by atoms with Gasteiger partial charge in [0.05, 0.1) is 11.1 Å². The van der Waals surface area contributed by atoms with Gasteiger partial charge in [0.25, 0.3) is 11.6 Å². The monoisotopic (exact) mass is 303 g/mol. The Morgan fingerprint density at radius 3 is 2.67 bits per heavy atom. The number of carbonyl (C=O) groups is 1. The molecular formula is C14H13N3O3S. The highest BCUT2D eigenvalue weighted by atomic mass is 32.1. The highest BCUT2D eigenvalue weighted by Crippen LogP contribution is 2.18. The van der Waals surface area contributed by atoms with Gasteiger partial charge in [0.15, 0.2) is 0 Å². The fourth-order valence-electron chi connectivity index (χ4n) is 1.74. The van der Waals surface area contributed by atoms with E-state index in [4.69, 9.17) is 0 Å². The van der Waals surface area contributed by atoms with Crippen LogP contribution >= 0.6 is 11.3 Å². The lowest BCUT2D eigenvalue weighted by Gasteiger charge is -2.01. The predicted molar refractivity (Wildman–Crippen MR) is 81.9 cm³/mol. The van der Waals surface area contributed by atoms with E-state index in [0.29, 0.717) is 11.1 Å². The zero-order valence-corrected chi connectivity index (χ0v) is 12.3. The maximum atomic E-state index is 11.9. The fraction of sp³-hybridized carbons (Fsp3) is 0.143. The third-order valence-corrected chi connectivity index (χ3v) is 3.71. The molecule has 1 aromatic heterocycles. The first kappa shape index (κ1) is 14.9. The Morgan fingerprint density at radius 1 is 1.33 bits per heavy atom. The Morgan fingerprint density at radius 2 is 2.10 bits per heavy atom. The second-order valence-electron chi connectivity index (χ2n) is 4.41. The summed E-state index contributed by atoms with van der Waals surface area (Å²) in [4.78, 5) is 24.2. The molecule has 0 spiro atoms. The molecule has 21 heavy (non-hydrogen) atoms. The van der Waals surface area contributed by atoms with Crippen molar-refractivity contribution < 1.29 is 9.72 Å². The molecule has 1 aromatic carbocycles. The van der Waals surface area contributed by atoms with Crippen molar-refractivity contribution in [3.8, 4) is 0 Å². The first-order chi connectivity index (χ1) is 9.97. The minimum Gasteiger partial charge on any atom is -0.267 e. The van der Waals surface area contributed by atoms with Crippen LogP contribution in [0.25, 0.3) is 0 Å². The molecule has 2 rings (SSSR count). The van der Waals surface area contributed by atoms with Gasteiger partial charge in [-0.25, -0.2) is 5.43 Å². The number of carbonyl (C=O) groups excluding carboxylic acids is 1. The number of hydrogen-bond acceptors (Lipinski definition) is 5. The normalized spacial score (nSPS) is 10.8. The highest BCUT2D eigenvalue weighted by molar-refractivity contribution is 7.13. The largest absolute Gasteiger partial charge is 0.272 e. The maximum absolute atomic E-state index is 11.9. The lowest BCUT2D eigenvalue weighted by Crippen LogP contribution is -2.17. The van der Waals surface area contributed by atoms with E-state index in [2.05, 4.69) is 10.5 Å². The molecule has 0 atom stereocenters. The van der Waals surface area contributed by atoms with E-state index in [0.717, 1.165) is 9.75 Å². The number of aryl methyl sites for hydroxylation is 2. The quantitative estimate of drug-likeness (QED) is 0.535. The fourth-order valence-corrected chi connectivity index (χ4v) is 2.49. The number of hydrazone groups is 1. The smallest absolute Gasteiger partial charge is 0.267 e. The number of thiophene rings is 1. The van der Waals surface area contributed by atoms with E-state index in [1.807, 2.05) is 19.1 Å². The van der Waals surface area contributed by atoms with E-state index in [9.17, 15) is 14.9 Å². The summed E-state index contributed by atoms with van der Waals surface area (Å²) in [7, 11) is 0. The Hall–Kier alpha value is -2.54. The van der Waals surface area contributed by atoms with Gasteiger partial charge in [-0.3, -0.25) is 14.9 Å². The summed E-state index contributed by atoms with van der Waals surface area (Å²) >= 11 is 1.57. The van der Waals surface area contributed by atoms with Crippen LogP contribution in [-0.2, 0) is 0 Å². The molecule has 0 aliphatic heterocycles. The van der Waals surface area contributed by atoms with Gasteiger partial charge in [0.2, 0.25) is 0 Å². The summed E-state index contributed by atoms with van der Waals surface area (Å²) in [5.74, 6) is -0.405. The van der Waals surface area contributed by atoms with Crippen molar-refractivity contribution in [3.63, 3.8) is 0 Å². The van der Waals surface area contributed by atoms with E-state index >= 15 is 0 Å². The number of hydrogen-bond donors (Lipinski definition) is 1. The van der Waals surface area contributed by atoms with Crippen LogP contribution in [0.15, 0.2) is 35.4 Å². The van der Waals surface area contributed by atoms with E-state index in [-0.39, 0.29) is 5.69 Å². The number of nitro benzene ring substituents is 1. The molecule has 1 amide bonds. The molecule has 0 saturated carbocycles. The van der Waals surface area contributed by atoms with Crippen LogP contribution in [0, 0.1) is 24.0 Å². The summed E-state index contributed by atoms with van der Waals surface area (Å²) in [6.45, 7) is 3.58. The molecule has 1 N–H and O–H groups in total. The Labute approximate surface area is 125 Å². The molecule has 108 valence electrons. The molecule has 6 nitrogen and oxygen atoms in total. The minimum atomic E-state index is -0.478. The molecule has 0 aliphatic carbocycles. The first-order valence-corrected chi connectivity index (χ1v) is 6.94. The van der Waals surface area contributed by atoms with Crippen LogP contribution in [0.5, 0.6) is 0 Å². The summed E-state index contributed by atoms with van der Waals surface area (Å²) in [5.41, 5.74) is 3.16. The zero-order chi connectivity index (χ0) is 15.4. The van der Waals surface area contributed by atoms with Crippen LogP contribution in [0.2, 0.25) is 0 Å². The molecule has 0 bridgehead atoms. The highest BCUT2D eigenvalue weighted by Gasteiger charge is 2.13. The van der Waals surface area contributed by atoms with Crippen LogP contribution in [0.4, 0.5) is 5.69 Å². The summed E-state index contributed by atoms with van der Waals surface area (Å²) < 4.78 is 0. The Bertz CT molecular complexity index is 722. The van der Waals surface area contributed by atoms with Gasteiger partial charge in [-0.05, 0) is 38.1 Å². The summed E-state index contributed by atoms with van der Waals surface area (Å²) in [6, 6.07) is 8.07. The van der Waals surface area contributed by atoms with Crippen molar-refractivity contribution in [1.82, 2.24) is 5.43 Å². The van der Waals surface area contributed by atoms with E-state index < -0.39 is 10.8 Å². The number of nitrogens with one attached hydrogen (secondary N) is 1. The molecule has 2 aromatic rings. The molecule has 0 fully saturated rings. The van der Waals surface area contributed by atoms with Crippen molar-refractivity contribution in [2.45, 2.75) is 13.8 Å². The van der Waals surface area contributed by atoms with E-state index in [1.54, 1.807) is 24.5 Å². The Kier molecular flexibility index (Phi) is 4.44. The number of nitro groups is 1. The van der Waals surface area contributed by atoms with Gasteiger partial charge in [-0.2, -0.15) is 5.10 Å². The lowest BCUT2D eigenvalue weighted by atomic mass is 10.1. The third-order valence-electron chi connectivity index (χ3n) is 2.77. The number of amides is 1. The second kappa shape index (κ2) is 6.27. The van der Waals surface area contributed by atoms with Gasteiger partial charge in [-0.15, -0.1) is 11.3 Å². The zero-order valence-electron chi connectivity index (χ0n) is 11.5. The van der Waals surface area contributed by atoms with Crippen molar-refractivity contribution >= 4 is 29.1 Å². The molecule has 0 radical (unpaired) electrons. The number of nitrogens with zero attached hydrogens (tertiary/aromatic N) is 2. The van der Waals surface area contributed by atoms with Crippen LogP contribution in [0.1, 0.15) is 25.7 Å². The minimum absolute atomic E-state index is 0.0101. The molecule has 0 aliphatic rings. The summed E-state index contributed by atoms with van der Waals surface area (Å²) in [5, 5.41) is 14.6. The van der Waals surface area contributed by atoms with Gasteiger partial charge in [0, 0.05) is 26.9 Å². The first-order valence-electron chi connectivity index (χ1n) is 6.12. The number of rotatable bonds is 4. The van der Waals surface area contributed by atoms with Crippen molar-refractivity contribution in [2.75, 3.05) is 0 Å². The van der Waals surface area contributed by atoms with Crippen molar-refractivity contribution in [2.24, 2.45) is 5.10 Å². The standard InChI is InChI=1S/C14H13N3O3S/c1-9-7-11(4-6-13(9)17(19)20)14(18)16-15-8-12-5-3-10(2)21-12/h3-8H,1-2H3,(H,16,18). The average molecular weight is 303 g/mol. The predicted octanol–water partition coefficient (Wildman–Crippen LogP) is 3.04. The molecule has 0 saturated heterocycles. The van der Waals surface area contributed by atoms with Crippen LogP contribution in [0.3, 0.4) is 0 Å². The van der Waals surface area contributed by atoms with Gasteiger partial charge < -0.3 is 0 Å². The van der Waals surface area contributed by atoms with Gasteiger partial charge in [0.1, 0.15) is 0 Å². The van der Waals surface area contributed by atoms with Gasteiger partial charge in [-0.1, -0.05) is 0 Å². The molecular weight excluding hydrogens is 290 g/mol. The third kappa shape index (κ3) is 3.73. The van der Waals surface area contributed by atoms with Crippen molar-refractivity contribution in [1.29, 1.82) is 0 Å².